The normalized spacial score (nSPS) is 11.8. The third-order valence-corrected chi connectivity index (χ3v) is 3.64. The molecule has 1 atom stereocenters. The standard InChI is InChI=1S/C18H22N2O2/c1-4-17(22-16-6-5-13(2)14(3)11-16)18(21)20-12-15-7-9-19-10-8-15/h5-11,17H,4,12H2,1-3H3,(H,20,21)/t17-/m1/s1. The summed E-state index contributed by atoms with van der Waals surface area (Å²) in [5.74, 6) is 0.631. The van der Waals surface area contributed by atoms with Gasteiger partial charge in [0, 0.05) is 18.9 Å². The zero-order valence-electron chi connectivity index (χ0n) is 13.3. The summed E-state index contributed by atoms with van der Waals surface area (Å²) in [6.45, 7) is 6.51. The van der Waals surface area contributed by atoms with Gasteiger partial charge in [-0.15, -0.1) is 0 Å². The molecule has 4 heteroatoms. The van der Waals surface area contributed by atoms with Crippen LogP contribution in [0.15, 0.2) is 42.7 Å². The molecule has 22 heavy (non-hydrogen) atoms. The van der Waals surface area contributed by atoms with E-state index in [0.29, 0.717) is 13.0 Å². The summed E-state index contributed by atoms with van der Waals surface area (Å²) in [4.78, 5) is 16.2. The van der Waals surface area contributed by atoms with E-state index in [9.17, 15) is 4.79 Å². The summed E-state index contributed by atoms with van der Waals surface area (Å²) in [6, 6.07) is 9.64. The maximum absolute atomic E-state index is 12.3. The lowest BCUT2D eigenvalue weighted by atomic mass is 10.1. The zero-order chi connectivity index (χ0) is 15.9. The molecule has 0 aliphatic heterocycles. The first-order valence-electron chi connectivity index (χ1n) is 7.50. The number of ether oxygens (including phenoxy) is 1. The van der Waals surface area contributed by atoms with Crippen LogP contribution in [0.25, 0.3) is 0 Å². The van der Waals surface area contributed by atoms with Crippen LogP contribution in [0, 0.1) is 13.8 Å². The Labute approximate surface area is 131 Å². The van der Waals surface area contributed by atoms with Gasteiger partial charge >= 0.3 is 0 Å². The molecule has 0 radical (unpaired) electrons. The number of aryl methyl sites for hydroxylation is 2. The van der Waals surface area contributed by atoms with Gasteiger partial charge in [0.15, 0.2) is 6.10 Å². The molecule has 0 spiro atoms. The van der Waals surface area contributed by atoms with Crippen LogP contribution in [0.1, 0.15) is 30.0 Å². The highest BCUT2D eigenvalue weighted by Gasteiger charge is 2.18. The van der Waals surface area contributed by atoms with Crippen LogP contribution in [0.3, 0.4) is 0 Å². The summed E-state index contributed by atoms with van der Waals surface area (Å²) in [5, 5.41) is 2.90. The van der Waals surface area contributed by atoms with Crippen LogP contribution in [-0.4, -0.2) is 17.0 Å². The van der Waals surface area contributed by atoms with Gasteiger partial charge in [0.2, 0.25) is 0 Å². The Morgan fingerprint density at radius 2 is 1.91 bits per heavy atom. The van der Waals surface area contributed by atoms with Gasteiger partial charge in [-0.25, -0.2) is 0 Å². The van der Waals surface area contributed by atoms with Gasteiger partial charge < -0.3 is 10.1 Å². The fourth-order valence-electron chi connectivity index (χ4n) is 2.08. The molecular weight excluding hydrogens is 276 g/mol. The summed E-state index contributed by atoms with van der Waals surface area (Å²) < 4.78 is 5.83. The Balaban J connectivity index is 1.95. The first-order valence-corrected chi connectivity index (χ1v) is 7.50. The number of pyridine rings is 1. The number of carbonyl (C=O) groups excluding carboxylic acids is 1. The van der Waals surface area contributed by atoms with Crippen molar-refractivity contribution < 1.29 is 9.53 Å². The van der Waals surface area contributed by atoms with Crippen molar-refractivity contribution in [3.63, 3.8) is 0 Å². The Morgan fingerprint density at radius 1 is 1.18 bits per heavy atom. The molecule has 0 saturated heterocycles. The van der Waals surface area contributed by atoms with Crippen molar-refractivity contribution in [3.8, 4) is 5.75 Å². The summed E-state index contributed by atoms with van der Waals surface area (Å²) in [5.41, 5.74) is 3.39. The molecule has 0 unspecified atom stereocenters. The first kappa shape index (κ1) is 16.0. The highest BCUT2D eigenvalue weighted by atomic mass is 16.5. The predicted molar refractivity (Wildman–Crippen MR) is 86.7 cm³/mol. The minimum absolute atomic E-state index is 0.0995. The van der Waals surface area contributed by atoms with Crippen molar-refractivity contribution in [2.24, 2.45) is 0 Å². The third-order valence-electron chi connectivity index (χ3n) is 3.64. The molecule has 1 N–H and O–H groups in total. The van der Waals surface area contributed by atoms with Gasteiger partial charge in [-0.05, 0) is 61.2 Å². The van der Waals surface area contributed by atoms with E-state index in [4.69, 9.17) is 4.74 Å². The first-order chi connectivity index (χ1) is 10.6. The monoisotopic (exact) mass is 298 g/mol. The van der Waals surface area contributed by atoms with Gasteiger partial charge in [0.05, 0.1) is 0 Å². The van der Waals surface area contributed by atoms with E-state index in [0.717, 1.165) is 16.9 Å². The van der Waals surface area contributed by atoms with Gasteiger partial charge in [-0.3, -0.25) is 9.78 Å². The molecule has 116 valence electrons. The minimum atomic E-state index is -0.482. The Bertz CT molecular complexity index is 626. The second-order valence-electron chi connectivity index (χ2n) is 5.33. The lowest BCUT2D eigenvalue weighted by Crippen LogP contribution is -2.37. The van der Waals surface area contributed by atoms with Gasteiger partial charge in [0.25, 0.3) is 5.91 Å². The fourth-order valence-corrected chi connectivity index (χ4v) is 2.08. The quantitative estimate of drug-likeness (QED) is 0.891. The van der Waals surface area contributed by atoms with E-state index >= 15 is 0 Å². The topological polar surface area (TPSA) is 51.2 Å². The van der Waals surface area contributed by atoms with Crippen molar-refractivity contribution in [1.29, 1.82) is 0 Å². The highest BCUT2D eigenvalue weighted by Crippen LogP contribution is 2.18. The molecule has 1 aromatic heterocycles. The molecule has 0 bridgehead atoms. The number of aromatic nitrogens is 1. The van der Waals surface area contributed by atoms with Crippen LogP contribution < -0.4 is 10.1 Å². The van der Waals surface area contributed by atoms with Crippen LogP contribution in [0.4, 0.5) is 0 Å². The molecule has 0 saturated carbocycles. The summed E-state index contributed by atoms with van der Waals surface area (Å²) >= 11 is 0. The Morgan fingerprint density at radius 3 is 2.55 bits per heavy atom. The maximum Gasteiger partial charge on any atom is 0.261 e. The van der Waals surface area contributed by atoms with Gasteiger partial charge in [-0.2, -0.15) is 0 Å². The number of rotatable bonds is 6. The number of amides is 1. The average molecular weight is 298 g/mol. The molecular formula is C18H22N2O2. The van der Waals surface area contributed by atoms with Crippen LogP contribution in [0.5, 0.6) is 5.75 Å². The second kappa shape index (κ2) is 7.59. The Kier molecular flexibility index (Phi) is 5.53. The Hall–Kier alpha value is -2.36. The van der Waals surface area contributed by atoms with Crippen LogP contribution in [0.2, 0.25) is 0 Å². The van der Waals surface area contributed by atoms with E-state index in [-0.39, 0.29) is 5.91 Å². The van der Waals surface area contributed by atoms with Crippen molar-refractivity contribution in [2.75, 3.05) is 0 Å². The van der Waals surface area contributed by atoms with E-state index in [1.54, 1.807) is 12.4 Å². The van der Waals surface area contributed by atoms with Crippen LogP contribution in [-0.2, 0) is 11.3 Å². The third kappa shape index (κ3) is 4.32. The number of hydrogen-bond acceptors (Lipinski definition) is 3. The molecule has 1 amide bonds. The van der Waals surface area contributed by atoms with Crippen LogP contribution >= 0.6 is 0 Å². The lowest BCUT2D eigenvalue weighted by Gasteiger charge is -2.18. The molecule has 4 nitrogen and oxygen atoms in total. The second-order valence-corrected chi connectivity index (χ2v) is 5.33. The smallest absolute Gasteiger partial charge is 0.261 e. The summed E-state index contributed by atoms with van der Waals surface area (Å²) in [7, 11) is 0. The molecule has 2 aromatic rings. The number of nitrogens with one attached hydrogen (secondary N) is 1. The number of nitrogens with zero attached hydrogens (tertiary/aromatic N) is 1. The highest BCUT2D eigenvalue weighted by molar-refractivity contribution is 5.81. The molecule has 2 rings (SSSR count). The van der Waals surface area contributed by atoms with Crippen molar-refractivity contribution in [3.05, 3.63) is 59.4 Å². The van der Waals surface area contributed by atoms with Crippen molar-refractivity contribution in [2.45, 2.75) is 39.8 Å². The number of carbonyl (C=O) groups is 1. The molecule has 0 aliphatic carbocycles. The number of benzene rings is 1. The fraction of sp³-hybridized carbons (Fsp3) is 0.333. The van der Waals surface area contributed by atoms with Crippen molar-refractivity contribution >= 4 is 5.91 Å². The summed E-state index contributed by atoms with van der Waals surface area (Å²) in [6.07, 6.45) is 3.56. The predicted octanol–water partition coefficient (Wildman–Crippen LogP) is 3.17. The van der Waals surface area contributed by atoms with E-state index < -0.39 is 6.10 Å². The van der Waals surface area contributed by atoms with Gasteiger partial charge in [0.1, 0.15) is 5.75 Å². The van der Waals surface area contributed by atoms with E-state index in [1.165, 1.54) is 5.56 Å². The van der Waals surface area contributed by atoms with E-state index in [2.05, 4.69) is 17.2 Å². The largest absolute Gasteiger partial charge is 0.481 e. The minimum Gasteiger partial charge on any atom is -0.481 e. The SMILES string of the molecule is CC[C@@H](Oc1ccc(C)c(C)c1)C(=O)NCc1ccncc1. The van der Waals surface area contributed by atoms with Gasteiger partial charge in [-0.1, -0.05) is 13.0 Å². The van der Waals surface area contributed by atoms with E-state index in [1.807, 2.05) is 44.2 Å². The average Bonchev–Trinajstić information content (AvgIpc) is 2.54. The maximum atomic E-state index is 12.3. The zero-order valence-corrected chi connectivity index (χ0v) is 13.3. The lowest BCUT2D eigenvalue weighted by molar-refractivity contribution is -0.128. The number of hydrogen-bond donors (Lipinski definition) is 1. The van der Waals surface area contributed by atoms with Crippen molar-refractivity contribution in [1.82, 2.24) is 10.3 Å². The molecule has 0 aliphatic rings. The molecule has 1 aromatic carbocycles. The molecule has 1 heterocycles. The molecule has 0 fully saturated rings.